The van der Waals surface area contributed by atoms with Gasteiger partial charge in [-0.25, -0.2) is 0 Å². The first kappa shape index (κ1) is 105. The van der Waals surface area contributed by atoms with Crippen LogP contribution in [0, 0.1) is 0 Å². The van der Waals surface area contributed by atoms with Crippen molar-refractivity contribution in [2.75, 3.05) is 60.5 Å². The highest BCUT2D eigenvalue weighted by Gasteiger charge is 2.20. The first-order valence-corrected chi connectivity index (χ1v) is 51.4. The van der Waals surface area contributed by atoms with Crippen molar-refractivity contribution in [3.8, 4) is 34.5 Å². The minimum Gasteiger partial charge on any atom is -0.490 e. The van der Waals surface area contributed by atoms with E-state index in [9.17, 15) is 14.4 Å². The second-order valence-corrected chi connectivity index (χ2v) is 35.5. The van der Waals surface area contributed by atoms with Crippen molar-refractivity contribution in [3.63, 3.8) is 0 Å². The van der Waals surface area contributed by atoms with E-state index in [1.165, 1.54) is 308 Å². The maximum atomic E-state index is 14.4. The fraction of sp³-hybridized carbons (Fsp3) is 0.649. The number of ether oxygens (including phenoxy) is 6. The third-order valence-electron chi connectivity index (χ3n) is 24.3. The third-order valence-corrected chi connectivity index (χ3v) is 24.3. The van der Waals surface area contributed by atoms with Crippen LogP contribution in [-0.4, -0.2) is 57.4 Å². The van der Waals surface area contributed by atoms with Crippen LogP contribution in [0.3, 0.4) is 0 Å². The number of benzene rings is 6. The van der Waals surface area contributed by atoms with Crippen molar-refractivity contribution in [3.05, 3.63) is 144 Å². The molecule has 0 aliphatic carbocycles. The van der Waals surface area contributed by atoms with E-state index in [0.29, 0.717) is 108 Å². The van der Waals surface area contributed by atoms with Crippen LogP contribution in [-0.2, 0) is 0 Å². The average Bonchev–Trinajstić information content (AvgIpc) is 0.797. The molecule has 0 unspecified atom stereocenters. The molecule has 0 heterocycles. The number of anilines is 6. The minimum atomic E-state index is -0.251. The molecule has 0 aliphatic rings. The number of nitrogens with one attached hydrogen (secondary N) is 3. The zero-order chi connectivity index (χ0) is 87.9. The van der Waals surface area contributed by atoms with Gasteiger partial charge in [0.05, 0.1) is 39.6 Å². The average molecular weight is 1710 g/mol. The standard InChI is InChI=1S/C111H174N4O9/c1-7-13-19-25-31-37-43-49-55-61-85-119-103-82-67-94(91-106(103)122-88-64-58-52-46-40-34-28-22-16-10-4)109(116)112-97-70-76-100(77-71-97)115(101-78-72-98(73-79-101)113-110(117)95-68-83-104(120-86-62-56-50-44-38-32-26-20-14-8-2)107(92-95)123-89-65-59-53-47-41-35-29-23-17-11-5)102-80-74-99(75-81-102)114-111(118)96-69-84-105(121-87-63-57-51-45-39-33-27-21-15-9-3)108(93-96)124-90-66-60-54-48-42-36-30-24-18-12-6/h67-84,91-93H,7-66,85-90H2,1-6H3,(H,112,116)(H,113,117)(H,114,118). The van der Waals surface area contributed by atoms with Crippen LogP contribution in [0.5, 0.6) is 34.5 Å². The first-order valence-electron chi connectivity index (χ1n) is 51.4. The number of rotatable bonds is 81. The fourth-order valence-electron chi connectivity index (χ4n) is 16.4. The lowest BCUT2D eigenvalue weighted by molar-refractivity contribution is 0.101. The van der Waals surface area contributed by atoms with Crippen LogP contribution < -0.4 is 49.3 Å². The quantitative estimate of drug-likeness (QED) is 0.0316. The molecular weight excluding hydrogens is 1530 g/mol. The van der Waals surface area contributed by atoms with Gasteiger partial charge >= 0.3 is 0 Å². The molecule has 13 heteroatoms. The fourth-order valence-corrected chi connectivity index (χ4v) is 16.4. The van der Waals surface area contributed by atoms with E-state index in [0.717, 1.165) is 94.1 Å². The number of unbranched alkanes of at least 4 members (excludes halogenated alkanes) is 54. The van der Waals surface area contributed by atoms with Gasteiger partial charge in [0.25, 0.3) is 17.7 Å². The molecule has 6 aromatic rings. The van der Waals surface area contributed by atoms with Crippen molar-refractivity contribution in [1.82, 2.24) is 0 Å². The van der Waals surface area contributed by atoms with Crippen LogP contribution >= 0.6 is 0 Å². The molecule has 0 aliphatic heterocycles. The van der Waals surface area contributed by atoms with Gasteiger partial charge in [0.1, 0.15) is 0 Å². The largest absolute Gasteiger partial charge is 0.490 e. The van der Waals surface area contributed by atoms with E-state index in [-0.39, 0.29) is 17.7 Å². The van der Waals surface area contributed by atoms with E-state index in [1.54, 1.807) is 0 Å². The van der Waals surface area contributed by atoms with Crippen molar-refractivity contribution in [2.45, 2.75) is 427 Å². The molecule has 3 N–H and O–H groups in total. The van der Waals surface area contributed by atoms with Gasteiger partial charge in [0.2, 0.25) is 0 Å². The zero-order valence-electron chi connectivity index (χ0n) is 79.4. The van der Waals surface area contributed by atoms with Crippen molar-refractivity contribution in [1.29, 1.82) is 0 Å². The van der Waals surface area contributed by atoms with Crippen LogP contribution in [0.4, 0.5) is 34.1 Å². The molecule has 0 radical (unpaired) electrons. The smallest absolute Gasteiger partial charge is 0.255 e. The first-order chi connectivity index (χ1) is 61.2. The van der Waals surface area contributed by atoms with Gasteiger partial charge in [0.15, 0.2) is 34.5 Å². The van der Waals surface area contributed by atoms with E-state index < -0.39 is 0 Å². The Hall–Kier alpha value is -7.67. The predicted octanol–water partition coefficient (Wildman–Crippen LogP) is 34.7. The highest BCUT2D eigenvalue weighted by Crippen LogP contribution is 2.39. The summed E-state index contributed by atoms with van der Waals surface area (Å²) in [6.07, 6.45) is 74.8. The van der Waals surface area contributed by atoms with E-state index in [2.05, 4.69) is 62.4 Å². The summed E-state index contributed by atoms with van der Waals surface area (Å²) < 4.78 is 38.8. The molecule has 0 saturated heterocycles. The summed E-state index contributed by atoms with van der Waals surface area (Å²) in [5.41, 5.74) is 5.79. The van der Waals surface area contributed by atoms with Gasteiger partial charge in [-0.05, 0) is 166 Å². The Morgan fingerprint density at radius 1 is 0.194 bits per heavy atom. The summed E-state index contributed by atoms with van der Waals surface area (Å²) >= 11 is 0. The zero-order valence-corrected chi connectivity index (χ0v) is 79.4. The van der Waals surface area contributed by atoms with E-state index in [4.69, 9.17) is 28.4 Å². The predicted molar refractivity (Wildman–Crippen MR) is 528 cm³/mol. The number of carbonyl (C=O) groups excluding carboxylic acids is 3. The third kappa shape index (κ3) is 47.8. The van der Waals surface area contributed by atoms with Crippen LogP contribution in [0.15, 0.2) is 127 Å². The second kappa shape index (κ2) is 71.4. The molecule has 0 fully saturated rings. The van der Waals surface area contributed by atoms with Crippen LogP contribution in [0.2, 0.25) is 0 Å². The lowest BCUT2D eigenvalue weighted by Crippen LogP contribution is -2.14. The monoisotopic (exact) mass is 1710 g/mol. The number of amides is 3. The topological polar surface area (TPSA) is 146 Å². The van der Waals surface area contributed by atoms with E-state index >= 15 is 0 Å². The van der Waals surface area contributed by atoms with Gasteiger partial charge in [-0.2, -0.15) is 0 Å². The molecular formula is C111H174N4O9. The molecule has 0 saturated carbocycles. The molecule has 692 valence electrons. The Labute approximate surface area is 756 Å². The number of hydrogen-bond donors (Lipinski definition) is 3. The van der Waals surface area contributed by atoms with Crippen molar-refractivity contribution >= 4 is 51.8 Å². The number of hydrogen-bond acceptors (Lipinski definition) is 10. The van der Waals surface area contributed by atoms with Gasteiger partial charge in [-0.1, -0.05) is 388 Å². The summed E-state index contributed by atoms with van der Waals surface area (Å²) in [4.78, 5) is 45.2. The Morgan fingerprint density at radius 3 is 0.516 bits per heavy atom. The molecule has 0 atom stereocenters. The number of nitrogens with zero attached hydrogens (tertiary/aromatic N) is 1. The van der Waals surface area contributed by atoms with Gasteiger partial charge < -0.3 is 49.3 Å². The maximum Gasteiger partial charge on any atom is 0.255 e. The lowest BCUT2D eigenvalue weighted by Gasteiger charge is -2.26. The van der Waals surface area contributed by atoms with Crippen LogP contribution in [0.1, 0.15) is 458 Å². The van der Waals surface area contributed by atoms with Crippen LogP contribution in [0.25, 0.3) is 0 Å². The molecule has 13 nitrogen and oxygen atoms in total. The molecule has 0 spiro atoms. The summed E-state index contributed by atoms with van der Waals surface area (Å²) in [6.45, 7) is 17.1. The summed E-state index contributed by atoms with van der Waals surface area (Å²) in [5, 5.41) is 9.55. The maximum absolute atomic E-state index is 14.4. The van der Waals surface area contributed by atoms with Crippen molar-refractivity contribution in [2.24, 2.45) is 0 Å². The van der Waals surface area contributed by atoms with Gasteiger partial charge in [0, 0.05) is 50.8 Å². The molecule has 6 rings (SSSR count). The highest BCUT2D eigenvalue weighted by atomic mass is 16.5. The summed E-state index contributed by atoms with van der Waals surface area (Å²) in [7, 11) is 0. The summed E-state index contributed by atoms with van der Waals surface area (Å²) in [5.74, 6) is 3.07. The molecule has 0 aromatic heterocycles. The number of carbonyl (C=O) groups is 3. The Morgan fingerprint density at radius 2 is 0.347 bits per heavy atom. The minimum absolute atomic E-state index is 0.251. The molecule has 0 bridgehead atoms. The van der Waals surface area contributed by atoms with Crippen molar-refractivity contribution < 1.29 is 42.8 Å². The highest BCUT2D eigenvalue weighted by molar-refractivity contribution is 6.06. The Balaban J connectivity index is 1.20. The second-order valence-electron chi connectivity index (χ2n) is 35.5. The lowest BCUT2D eigenvalue weighted by atomic mass is 10.1. The van der Waals surface area contributed by atoms with E-state index in [1.807, 2.05) is 127 Å². The van der Waals surface area contributed by atoms with Gasteiger partial charge in [-0.3, -0.25) is 14.4 Å². The Bertz CT molecular complexity index is 3240. The molecule has 6 aromatic carbocycles. The molecule has 3 amide bonds. The SMILES string of the molecule is CCCCCCCCCCCCOc1ccc(C(=O)Nc2ccc(N(c3ccc(NC(=O)c4ccc(OCCCCCCCCCCCC)c(OCCCCCCCCCCCC)c4)cc3)c3ccc(NC(=O)c4ccc(OCCCCCCCCCCCC)c(OCCCCCCCCCCCC)c4)cc3)cc2)cc1OCCCCCCCCCCCC. The Kier molecular flexibility index (Phi) is 60.5. The summed E-state index contributed by atoms with van der Waals surface area (Å²) in [6, 6.07) is 40.2. The molecule has 124 heavy (non-hydrogen) atoms. The normalized spacial score (nSPS) is 11.3. The van der Waals surface area contributed by atoms with Gasteiger partial charge in [-0.15, -0.1) is 0 Å².